The molecule has 0 atom stereocenters. The van der Waals surface area contributed by atoms with Gasteiger partial charge in [0.05, 0.1) is 5.75 Å². The topological polar surface area (TPSA) is 51.8 Å². The molecule has 1 aromatic carbocycles. The van der Waals surface area contributed by atoms with Crippen LogP contribution in [-0.4, -0.2) is 9.97 Å². The first-order chi connectivity index (χ1) is 9.04. The first-order valence-electron chi connectivity index (χ1n) is 6.37. The Balaban J connectivity index is 2.08. The predicted molar refractivity (Wildman–Crippen MR) is 81.3 cm³/mol. The van der Waals surface area contributed by atoms with E-state index in [1.54, 1.807) is 11.8 Å². The summed E-state index contributed by atoms with van der Waals surface area (Å²) in [5, 5.41) is 0. The lowest BCUT2D eigenvalue weighted by Gasteiger charge is -2.08. The van der Waals surface area contributed by atoms with E-state index in [1.165, 1.54) is 10.5 Å². The summed E-state index contributed by atoms with van der Waals surface area (Å²) in [5.41, 5.74) is 8.10. The van der Waals surface area contributed by atoms with Crippen molar-refractivity contribution in [1.82, 2.24) is 9.97 Å². The minimum absolute atomic E-state index is 0.369. The molecule has 0 fully saturated rings. The van der Waals surface area contributed by atoms with E-state index in [4.69, 9.17) is 5.73 Å². The van der Waals surface area contributed by atoms with E-state index >= 15 is 0 Å². The van der Waals surface area contributed by atoms with E-state index in [0.717, 1.165) is 17.3 Å². The summed E-state index contributed by atoms with van der Waals surface area (Å²) in [6.07, 6.45) is 0. The number of aromatic nitrogens is 2. The van der Waals surface area contributed by atoms with Gasteiger partial charge in [-0.2, -0.15) is 0 Å². The molecule has 1 aromatic heterocycles. The van der Waals surface area contributed by atoms with Crippen molar-refractivity contribution < 1.29 is 0 Å². The Bertz CT molecular complexity index is 550. The standard InChI is InChI=1S/C15H19N3S/c1-10(2)13-8-14(16)18-15(17-13)9-19-12-6-4-11(3)5-7-12/h4-8,10H,9H2,1-3H3,(H2,16,17,18). The van der Waals surface area contributed by atoms with E-state index in [0.29, 0.717) is 11.7 Å². The maximum Gasteiger partial charge on any atom is 0.141 e. The van der Waals surface area contributed by atoms with Crippen LogP contribution in [0.25, 0.3) is 0 Å². The van der Waals surface area contributed by atoms with Crippen LogP contribution in [0, 0.1) is 6.92 Å². The second kappa shape index (κ2) is 6.06. The van der Waals surface area contributed by atoms with Crippen LogP contribution in [0.4, 0.5) is 5.82 Å². The van der Waals surface area contributed by atoms with E-state index in [1.807, 2.05) is 6.07 Å². The summed E-state index contributed by atoms with van der Waals surface area (Å²) in [6, 6.07) is 10.3. The summed E-state index contributed by atoms with van der Waals surface area (Å²) in [7, 11) is 0. The number of hydrogen-bond donors (Lipinski definition) is 1. The maximum absolute atomic E-state index is 5.83. The molecule has 0 spiro atoms. The molecular weight excluding hydrogens is 254 g/mol. The van der Waals surface area contributed by atoms with Gasteiger partial charge in [-0.1, -0.05) is 31.5 Å². The third kappa shape index (κ3) is 3.96. The second-order valence-electron chi connectivity index (χ2n) is 4.89. The Morgan fingerprint density at radius 1 is 1.16 bits per heavy atom. The zero-order valence-electron chi connectivity index (χ0n) is 11.6. The quantitative estimate of drug-likeness (QED) is 0.861. The molecule has 0 radical (unpaired) electrons. The highest BCUT2D eigenvalue weighted by Gasteiger charge is 2.06. The first-order valence-corrected chi connectivity index (χ1v) is 7.36. The van der Waals surface area contributed by atoms with Crippen LogP contribution in [-0.2, 0) is 5.75 Å². The molecule has 0 amide bonds. The van der Waals surface area contributed by atoms with Crippen molar-refractivity contribution in [3.63, 3.8) is 0 Å². The van der Waals surface area contributed by atoms with Crippen LogP contribution in [0.3, 0.4) is 0 Å². The van der Waals surface area contributed by atoms with Gasteiger partial charge in [0.15, 0.2) is 0 Å². The van der Waals surface area contributed by atoms with Gasteiger partial charge in [-0.05, 0) is 25.0 Å². The van der Waals surface area contributed by atoms with Gasteiger partial charge < -0.3 is 5.73 Å². The Morgan fingerprint density at radius 2 is 1.84 bits per heavy atom. The molecule has 0 aliphatic rings. The number of nitrogens with two attached hydrogens (primary N) is 1. The highest BCUT2D eigenvalue weighted by molar-refractivity contribution is 7.98. The largest absolute Gasteiger partial charge is 0.384 e. The number of nitrogen functional groups attached to an aromatic ring is 1. The Labute approximate surface area is 118 Å². The van der Waals surface area contributed by atoms with Gasteiger partial charge in [0.1, 0.15) is 11.6 Å². The molecule has 0 bridgehead atoms. The Morgan fingerprint density at radius 3 is 2.47 bits per heavy atom. The number of anilines is 1. The maximum atomic E-state index is 5.83. The molecule has 2 rings (SSSR count). The van der Waals surface area contributed by atoms with Crippen LogP contribution in [0.15, 0.2) is 35.2 Å². The van der Waals surface area contributed by atoms with Gasteiger partial charge in [0, 0.05) is 16.7 Å². The van der Waals surface area contributed by atoms with Gasteiger partial charge in [0.25, 0.3) is 0 Å². The molecule has 2 aromatic rings. The molecule has 0 aliphatic carbocycles. The van der Waals surface area contributed by atoms with Crippen molar-refractivity contribution in [2.75, 3.05) is 5.73 Å². The lowest BCUT2D eigenvalue weighted by molar-refractivity contribution is 0.801. The lowest BCUT2D eigenvalue weighted by Crippen LogP contribution is -2.03. The zero-order chi connectivity index (χ0) is 13.8. The fourth-order valence-electron chi connectivity index (χ4n) is 1.68. The zero-order valence-corrected chi connectivity index (χ0v) is 12.4. The summed E-state index contributed by atoms with van der Waals surface area (Å²) in [6.45, 7) is 6.31. The van der Waals surface area contributed by atoms with Crippen molar-refractivity contribution in [2.45, 2.75) is 37.3 Å². The third-order valence-corrected chi connectivity index (χ3v) is 3.80. The highest BCUT2D eigenvalue weighted by atomic mass is 32.2. The van der Waals surface area contributed by atoms with Gasteiger partial charge in [-0.25, -0.2) is 9.97 Å². The van der Waals surface area contributed by atoms with Gasteiger partial charge >= 0.3 is 0 Å². The number of thioether (sulfide) groups is 1. The van der Waals surface area contributed by atoms with Crippen LogP contribution in [0.5, 0.6) is 0 Å². The Kier molecular flexibility index (Phi) is 4.43. The van der Waals surface area contributed by atoms with Crippen molar-refractivity contribution in [1.29, 1.82) is 0 Å². The molecule has 0 saturated carbocycles. The van der Waals surface area contributed by atoms with Gasteiger partial charge in [0.2, 0.25) is 0 Å². The molecule has 19 heavy (non-hydrogen) atoms. The molecule has 4 heteroatoms. The molecule has 0 saturated heterocycles. The van der Waals surface area contributed by atoms with E-state index in [9.17, 15) is 0 Å². The Hall–Kier alpha value is -1.55. The summed E-state index contributed by atoms with van der Waals surface area (Å²) in [5.74, 6) is 2.47. The lowest BCUT2D eigenvalue weighted by atomic mass is 10.1. The van der Waals surface area contributed by atoms with Crippen LogP contribution in [0.1, 0.15) is 36.8 Å². The molecule has 3 nitrogen and oxygen atoms in total. The number of rotatable bonds is 4. The molecule has 0 unspecified atom stereocenters. The normalized spacial score (nSPS) is 10.9. The summed E-state index contributed by atoms with van der Waals surface area (Å²) in [4.78, 5) is 10.1. The molecule has 100 valence electrons. The minimum Gasteiger partial charge on any atom is -0.384 e. The fourth-order valence-corrected chi connectivity index (χ4v) is 2.44. The minimum atomic E-state index is 0.369. The van der Waals surface area contributed by atoms with E-state index < -0.39 is 0 Å². The van der Waals surface area contributed by atoms with E-state index in [2.05, 4.69) is 55.0 Å². The number of hydrogen-bond acceptors (Lipinski definition) is 4. The van der Waals surface area contributed by atoms with Crippen LogP contribution >= 0.6 is 11.8 Å². The second-order valence-corrected chi connectivity index (χ2v) is 5.94. The smallest absolute Gasteiger partial charge is 0.141 e. The average molecular weight is 273 g/mol. The molecule has 1 heterocycles. The van der Waals surface area contributed by atoms with Gasteiger partial charge in [-0.15, -0.1) is 11.8 Å². The van der Waals surface area contributed by atoms with Crippen molar-refractivity contribution in [3.8, 4) is 0 Å². The molecule has 2 N–H and O–H groups in total. The summed E-state index contributed by atoms with van der Waals surface area (Å²) >= 11 is 1.73. The van der Waals surface area contributed by atoms with E-state index in [-0.39, 0.29) is 0 Å². The van der Waals surface area contributed by atoms with Crippen LogP contribution < -0.4 is 5.73 Å². The number of benzene rings is 1. The fraction of sp³-hybridized carbons (Fsp3) is 0.333. The third-order valence-electron chi connectivity index (χ3n) is 2.79. The number of aryl methyl sites for hydroxylation is 1. The van der Waals surface area contributed by atoms with Gasteiger partial charge in [-0.3, -0.25) is 0 Å². The predicted octanol–water partition coefficient (Wildman–Crippen LogP) is 3.78. The number of nitrogens with zero attached hydrogens (tertiary/aromatic N) is 2. The first kappa shape index (κ1) is 13.9. The monoisotopic (exact) mass is 273 g/mol. The molecular formula is C15H19N3S. The average Bonchev–Trinajstić information content (AvgIpc) is 2.37. The molecule has 0 aliphatic heterocycles. The SMILES string of the molecule is Cc1ccc(SCc2nc(N)cc(C(C)C)n2)cc1. The van der Waals surface area contributed by atoms with Crippen molar-refractivity contribution >= 4 is 17.6 Å². The van der Waals surface area contributed by atoms with Crippen molar-refractivity contribution in [3.05, 3.63) is 47.4 Å². The summed E-state index contributed by atoms with van der Waals surface area (Å²) < 4.78 is 0. The van der Waals surface area contributed by atoms with Crippen LogP contribution in [0.2, 0.25) is 0 Å². The van der Waals surface area contributed by atoms with Crippen molar-refractivity contribution in [2.24, 2.45) is 0 Å². The highest BCUT2D eigenvalue weighted by Crippen LogP contribution is 2.23.